The Kier molecular flexibility index (Phi) is 3.41. The summed E-state index contributed by atoms with van der Waals surface area (Å²) in [4.78, 5) is 0. The fraction of sp³-hybridized carbons (Fsp3) is 0.308. The summed E-state index contributed by atoms with van der Waals surface area (Å²) in [5.74, 6) is 0.647. The Hall–Kier alpha value is -2.17. The zero-order valence-corrected chi connectivity index (χ0v) is 10.8. The van der Waals surface area contributed by atoms with Gasteiger partial charge in [-0.1, -0.05) is 0 Å². The summed E-state index contributed by atoms with van der Waals surface area (Å²) < 4.78 is 9.75. The fourth-order valence-electron chi connectivity index (χ4n) is 1.89. The summed E-state index contributed by atoms with van der Waals surface area (Å²) in [6.07, 6.45) is 4.92. The Balaban J connectivity index is 1.96. The SMILES string of the molecule is Cn1c[n+](C)cc1CCOc1cc(N)ccc1N. The molecule has 0 atom stereocenters. The first-order chi connectivity index (χ1) is 8.56. The summed E-state index contributed by atoms with van der Waals surface area (Å²) >= 11 is 0. The minimum Gasteiger partial charge on any atom is -0.491 e. The van der Waals surface area contributed by atoms with Gasteiger partial charge in [-0.2, -0.15) is 0 Å². The van der Waals surface area contributed by atoms with Crippen LogP contribution in [-0.2, 0) is 20.5 Å². The average molecular weight is 247 g/mol. The molecule has 1 heterocycles. The Morgan fingerprint density at radius 1 is 1.33 bits per heavy atom. The summed E-state index contributed by atoms with van der Waals surface area (Å²) in [6, 6.07) is 5.27. The van der Waals surface area contributed by atoms with Crippen LogP contribution in [0.25, 0.3) is 0 Å². The van der Waals surface area contributed by atoms with Crippen LogP contribution in [0.3, 0.4) is 0 Å². The van der Waals surface area contributed by atoms with Crippen LogP contribution in [0.2, 0.25) is 0 Å². The largest absolute Gasteiger partial charge is 0.491 e. The maximum Gasteiger partial charge on any atom is 0.243 e. The molecule has 0 aliphatic heterocycles. The predicted molar refractivity (Wildman–Crippen MR) is 71.1 cm³/mol. The molecule has 0 saturated heterocycles. The molecule has 0 fully saturated rings. The van der Waals surface area contributed by atoms with Gasteiger partial charge in [0.25, 0.3) is 0 Å². The van der Waals surface area contributed by atoms with E-state index in [1.807, 2.05) is 25.0 Å². The third-order valence-electron chi connectivity index (χ3n) is 2.81. The molecule has 0 aliphatic carbocycles. The number of benzene rings is 1. The first kappa shape index (κ1) is 12.3. The first-order valence-electron chi connectivity index (χ1n) is 5.84. The van der Waals surface area contributed by atoms with Gasteiger partial charge in [-0.25, -0.2) is 9.13 Å². The number of anilines is 2. The third-order valence-corrected chi connectivity index (χ3v) is 2.81. The van der Waals surface area contributed by atoms with Crippen molar-refractivity contribution in [1.29, 1.82) is 0 Å². The van der Waals surface area contributed by atoms with Crippen molar-refractivity contribution in [1.82, 2.24) is 4.57 Å². The lowest BCUT2D eigenvalue weighted by Gasteiger charge is -2.08. The molecule has 0 amide bonds. The Labute approximate surface area is 107 Å². The Bertz CT molecular complexity index is 548. The van der Waals surface area contributed by atoms with Crippen molar-refractivity contribution in [3.63, 3.8) is 0 Å². The van der Waals surface area contributed by atoms with E-state index in [9.17, 15) is 0 Å². The predicted octanol–water partition coefficient (Wildman–Crippen LogP) is 0.635. The molecule has 0 saturated carbocycles. The number of nitrogens with zero attached hydrogens (tertiary/aromatic N) is 2. The molecule has 0 unspecified atom stereocenters. The van der Waals surface area contributed by atoms with E-state index in [-0.39, 0.29) is 0 Å². The lowest BCUT2D eigenvalue weighted by Crippen LogP contribution is -2.23. The first-order valence-corrected chi connectivity index (χ1v) is 5.84. The second kappa shape index (κ2) is 5.00. The van der Waals surface area contributed by atoms with Gasteiger partial charge < -0.3 is 16.2 Å². The molecular formula is C13H19N4O+. The van der Waals surface area contributed by atoms with Gasteiger partial charge in [-0.05, 0) is 12.1 Å². The highest BCUT2D eigenvalue weighted by molar-refractivity contribution is 5.59. The van der Waals surface area contributed by atoms with Gasteiger partial charge in [0, 0.05) is 18.2 Å². The van der Waals surface area contributed by atoms with Gasteiger partial charge in [-0.15, -0.1) is 0 Å². The number of hydrogen-bond acceptors (Lipinski definition) is 3. The third kappa shape index (κ3) is 2.74. The molecule has 18 heavy (non-hydrogen) atoms. The topological polar surface area (TPSA) is 70.1 Å². The molecule has 2 rings (SSSR count). The maximum absolute atomic E-state index is 5.81. The molecule has 5 heteroatoms. The van der Waals surface area contributed by atoms with Crippen molar-refractivity contribution in [2.75, 3.05) is 18.1 Å². The monoisotopic (exact) mass is 247 g/mol. The quantitative estimate of drug-likeness (QED) is 0.615. The Morgan fingerprint density at radius 3 is 2.78 bits per heavy atom. The molecule has 1 aromatic heterocycles. The van der Waals surface area contributed by atoms with Gasteiger partial charge in [0.1, 0.15) is 17.6 Å². The van der Waals surface area contributed by atoms with Gasteiger partial charge in [0.2, 0.25) is 6.33 Å². The minimum absolute atomic E-state index is 0.575. The standard InChI is InChI=1S/C13H19N4O/c1-16-8-11(17(2)9-16)5-6-18-13-7-10(14)3-4-12(13)15/h3-4,7-9H,5-6,14-15H2,1-2H3/q+1. The van der Waals surface area contributed by atoms with Crippen LogP contribution < -0.4 is 20.8 Å². The number of nitrogens with two attached hydrogens (primary N) is 2. The molecule has 0 aliphatic rings. The van der Waals surface area contributed by atoms with E-state index < -0.39 is 0 Å². The number of imidazole rings is 1. The highest BCUT2D eigenvalue weighted by atomic mass is 16.5. The number of nitrogen functional groups attached to an aromatic ring is 2. The van der Waals surface area contributed by atoms with Crippen LogP contribution in [0.15, 0.2) is 30.7 Å². The fourth-order valence-corrected chi connectivity index (χ4v) is 1.89. The number of hydrogen-bond donors (Lipinski definition) is 2. The molecule has 0 radical (unpaired) electrons. The molecule has 2 aromatic rings. The van der Waals surface area contributed by atoms with E-state index in [1.165, 1.54) is 5.69 Å². The molecule has 0 spiro atoms. The second-order valence-corrected chi connectivity index (χ2v) is 4.41. The van der Waals surface area contributed by atoms with E-state index in [1.54, 1.807) is 18.2 Å². The maximum atomic E-state index is 5.81. The van der Waals surface area contributed by atoms with Gasteiger partial charge >= 0.3 is 0 Å². The summed E-state index contributed by atoms with van der Waals surface area (Å²) in [6.45, 7) is 0.575. The molecule has 1 aromatic carbocycles. The average Bonchev–Trinajstić information content (AvgIpc) is 2.62. The highest BCUT2D eigenvalue weighted by Crippen LogP contribution is 2.23. The van der Waals surface area contributed by atoms with E-state index >= 15 is 0 Å². The molecule has 0 bridgehead atoms. The second-order valence-electron chi connectivity index (χ2n) is 4.41. The van der Waals surface area contributed by atoms with Crippen LogP contribution in [0.4, 0.5) is 11.4 Å². The molecule has 5 nitrogen and oxygen atoms in total. The van der Waals surface area contributed by atoms with E-state index in [2.05, 4.69) is 10.8 Å². The molecule has 4 N–H and O–H groups in total. The highest BCUT2D eigenvalue weighted by Gasteiger charge is 2.08. The minimum atomic E-state index is 0.575. The van der Waals surface area contributed by atoms with Crippen molar-refractivity contribution in [3.8, 4) is 5.75 Å². The van der Waals surface area contributed by atoms with Gasteiger partial charge in [0.15, 0.2) is 0 Å². The number of aryl methyl sites for hydroxylation is 2. The smallest absolute Gasteiger partial charge is 0.243 e. The van der Waals surface area contributed by atoms with Gasteiger partial charge in [0.05, 0.1) is 26.4 Å². The normalized spacial score (nSPS) is 10.6. The van der Waals surface area contributed by atoms with Crippen molar-refractivity contribution < 1.29 is 9.30 Å². The van der Waals surface area contributed by atoms with Gasteiger partial charge in [-0.3, -0.25) is 0 Å². The summed E-state index contributed by atoms with van der Waals surface area (Å²) in [5.41, 5.74) is 14.0. The lowest BCUT2D eigenvalue weighted by molar-refractivity contribution is -0.671. The molecular weight excluding hydrogens is 228 g/mol. The number of ether oxygens (including phenoxy) is 1. The zero-order valence-electron chi connectivity index (χ0n) is 10.8. The number of aromatic nitrogens is 2. The molecule has 96 valence electrons. The Morgan fingerprint density at radius 2 is 2.11 bits per heavy atom. The van der Waals surface area contributed by atoms with E-state index in [4.69, 9.17) is 16.2 Å². The van der Waals surface area contributed by atoms with Crippen molar-refractivity contribution in [2.45, 2.75) is 6.42 Å². The summed E-state index contributed by atoms with van der Waals surface area (Å²) in [5, 5.41) is 0. The van der Waals surface area contributed by atoms with Crippen molar-refractivity contribution >= 4 is 11.4 Å². The zero-order chi connectivity index (χ0) is 13.1. The van der Waals surface area contributed by atoms with Crippen molar-refractivity contribution in [3.05, 3.63) is 36.4 Å². The number of rotatable bonds is 4. The summed E-state index contributed by atoms with van der Waals surface area (Å²) in [7, 11) is 4.02. The van der Waals surface area contributed by atoms with E-state index in [0.29, 0.717) is 23.7 Å². The van der Waals surface area contributed by atoms with Crippen LogP contribution in [0.5, 0.6) is 5.75 Å². The van der Waals surface area contributed by atoms with Crippen molar-refractivity contribution in [2.24, 2.45) is 14.1 Å². The van der Waals surface area contributed by atoms with Crippen LogP contribution in [0.1, 0.15) is 5.69 Å². The lowest BCUT2D eigenvalue weighted by atomic mass is 10.2. The van der Waals surface area contributed by atoms with Crippen LogP contribution in [0, 0.1) is 0 Å². The van der Waals surface area contributed by atoms with Crippen LogP contribution in [-0.4, -0.2) is 11.2 Å². The van der Waals surface area contributed by atoms with E-state index in [0.717, 1.165) is 6.42 Å². The van der Waals surface area contributed by atoms with Crippen LogP contribution >= 0.6 is 0 Å².